The lowest BCUT2D eigenvalue weighted by atomic mass is 10.0. The first-order valence-corrected chi connectivity index (χ1v) is 6.62. The van der Waals surface area contributed by atoms with Crippen molar-refractivity contribution in [1.29, 1.82) is 0 Å². The number of fused-ring (bicyclic) bond motifs is 1. The summed E-state index contributed by atoms with van der Waals surface area (Å²) in [5.74, 6) is 0.775. The van der Waals surface area contributed by atoms with E-state index in [2.05, 4.69) is 0 Å². The monoisotopic (exact) mass is 281 g/mol. The fourth-order valence-electron chi connectivity index (χ4n) is 2.33. The second-order valence-electron chi connectivity index (χ2n) is 4.80. The third kappa shape index (κ3) is 2.48. The van der Waals surface area contributed by atoms with Gasteiger partial charge in [0.25, 0.3) is 0 Å². The van der Waals surface area contributed by atoms with Crippen molar-refractivity contribution in [3.63, 3.8) is 0 Å². The van der Waals surface area contributed by atoms with E-state index in [9.17, 15) is 4.79 Å². The number of para-hydroxylation sites is 1. The maximum Gasteiger partial charge on any atom is 0.341 e. The molecule has 0 atom stereocenters. The molecule has 0 unspecified atom stereocenters. The van der Waals surface area contributed by atoms with Crippen LogP contribution in [0.15, 0.2) is 57.7 Å². The first-order valence-electron chi connectivity index (χ1n) is 6.62. The predicted octanol–water partition coefficient (Wildman–Crippen LogP) is 2.97. The Morgan fingerprint density at radius 1 is 1.10 bits per heavy atom. The largest absolute Gasteiger partial charge is 0.497 e. The van der Waals surface area contributed by atoms with Crippen molar-refractivity contribution in [2.45, 2.75) is 6.42 Å². The van der Waals surface area contributed by atoms with E-state index in [0.717, 1.165) is 16.7 Å². The molecule has 0 aliphatic rings. The van der Waals surface area contributed by atoms with Gasteiger partial charge in [0.2, 0.25) is 0 Å². The number of hydrogen-bond donors (Lipinski definition) is 1. The van der Waals surface area contributed by atoms with Gasteiger partial charge in [-0.1, -0.05) is 24.3 Å². The highest BCUT2D eigenvalue weighted by Crippen LogP contribution is 2.24. The molecular weight excluding hydrogens is 266 g/mol. The Kier molecular flexibility index (Phi) is 3.36. The summed E-state index contributed by atoms with van der Waals surface area (Å²) in [6.45, 7) is 0. The Morgan fingerprint density at radius 3 is 2.52 bits per heavy atom. The van der Waals surface area contributed by atoms with Crippen LogP contribution in [0.3, 0.4) is 0 Å². The van der Waals surface area contributed by atoms with Gasteiger partial charge in [-0.05, 0) is 29.8 Å². The number of ether oxygens (including phenoxy) is 1. The number of benzene rings is 2. The quantitative estimate of drug-likeness (QED) is 0.749. The molecule has 2 aromatic carbocycles. The molecule has 0 amide bonds. The fourth-order valence-corrected chi connectivity index (χ4v) is 2.33. The van der Waals surface area contributed by atoms with E-state index in [0.29, 0.717) is 23.3 Å². The van der Waals surface area contributed by atoms with Crippen LogP contribution in [0.25, 0.3) is 11.0 Å². The summed E-state index contributed by atoms with van der Waals surface area (Å²) in [6.07, 6.45) is 0.434. The minimum absolute atomic E-state index is 0.387. The van der Waals surface area contributed by atoms with Gasteiger partial charge in [0.05, 0.1) is 18.4 Å². The summed E-state index contributed by atoms with van der Waals surface area (Å²) in [6, 6.07) is 14.8. The number of anilines is 1. The summed E-state index contributed by atoms with van der Waals surface area (Å²) in [5.41, 5.74) is 8.21. The van der Waals surface area contributed by atoms with Crippen molar-refractivity contribution in [3.8, 4) is 5.75 Å². The van der Waals surface area contributed by atoms with Crippen LogP contribution < -0.4 is 16.1 Å². The van der Waals surface area contributed by atoms with Crippen molar-refractivity contribution >= 4 is 16.7 Å². The van der Waals surface area contributed by atoms with Crippen LogP contribution in [0, 0.1) is 0 Å². The third-order valence-corrected chi connectivity index (χ3v) is 3.49. The summed E-state index contributed by atoms with van der Waals surface area (Å²) in [7, 11) is 1.62. The van der Waals surface area contributed by atoms with Crippen LogP contribution in [0.1, 0.15) is 11.1 Å². The van der Waals surface area contributed by atoms with E-state index in [1.165, 1.54) is 0 Å². The molecule has 1 aromatic heterocycles. The zero-order valence-electron chi connectivity index (χ0n) is 11.6. The highest BCUT2D eigenvalue weighted by molar-refractivity contribution is 5.90. The van der Waals surface area contributed by atoms with Crippen LogP contribution in [0.4, 0.5) is 5.69 Å². The molecule has 0 bridgehead atoms. The van der Waals surface area contributed by atoms with Crippen LogP contribution in [0.5, 0.6) is 5.75 Å². The van der Waals surface area contributed by atoms with Crippen molar-refractivity contribution < 1.29 is 9.15 Å². The van der Waals surface area contributed by atoms with Crippen molar-refractivity contribution in [3.05, 3.63) is 70.1 Å². The molecule has 0 aliphatic heterocycles. The lowest BCUT2D eigenvalue weighted by Gasteiger charge is -2.08. The van der Waals surface area contributed by atoms with Crippen LogP contribution in [-0.2, 0) is 6.42 Å². The van der Waals surface area contributed by atoms with Crippen molar-refractivity contribution in [1.82, 2.24) is 0 Å². The molecule has 21 heavy (non-hydrogen) atoms. The molecule has 3 aromatic rings. The fraction of sp³-hybridized carbons (Fsp3) is 0.118. The second kappa shape index (κ2) is 5.32. The van der Waals surface area contributed by atoms with Crippen molar-refractivity contribution in [2.24, 2.45) is 0 Å². The topological polar surface area (TPSA) is 65.5 Å². The third-order valence-electron chi connectivity index (χ3n) is 3.49. The van der Waals surface area contributed by atoms with Gasteiger partial charge in [-0.25, -0.2) is 4.79 Å². The van der Waals surface area contributed by atoms with Crippen LogP contribution in [-0.4, -0.2) is 7.11 Å². The molecule has 2 N–H and O–H groups in total. The normalized spacial score (nSPS) is 10.7. The summed E-state index contributed by atoms with van der Waals surface area (Å²) in [4.78, 5) is 12.1. The zero-order valence-corrected chi connectivity index (χ0v) is 11.6. The maximum absolute atomic E-state index is 12.1. The number of nitrogen functional groups attached to an aromatic ring is 1. The Bertz CT molecular complexity index is 835. The van der Waals surface area contributed by atoms with Crippen LogP contribution in [0.2, 0.25) is 0 Å². The minimum Gasteiger partial charge on any atom is -0.497 e. The summed E-state index contributed by atoms with van der Waals surface area (Å²) in [5, 5.41) is 0.764. The lowest BCUT2D eigenvalue weighted by Crippen LogP contribution is -2.12. The van der Waals surface area contributed by atoms with E-state index < -0.39 is 0 Å². The van der Waals surface area contributed by atoms with Gasteiger partial charge in [-0.3, -0.25) is 0 Å². The highest BCUT2D eigenvalue weighted by atomic mass is 16.5. The van der Waals surface area contributed by atoms with Gasteiger partial charge in [0.15, 0.2) is 0 Å². The minimum atomic E-state index is -0.387. The molecule has 0 fully saturated rings. The van der Waals surface area contributed by atoms with Gasteiger partial charge < -0.3 is 14.9 Å². The number of rotatable bonds is 3. The predicted molar refractivity (Wildman–Crippen MR) is 82.7 cm³/mol. The summed E-state index contributed by atoms with van der Waals surface area (Å²) >= 11 is 0. The van der Waals surface area contributed by atoms with Gasteiger partial charge in [0, 0.05) is 11.8 Å². The summed E-state index contributed by atoms with van der Waals surface area (Å²) < 4.78 is 10.5. The van der Waals surface area contributed by atoms with E-state index in [-0.39, 0.29) is 5.63 Å². The smallest absolute Gasteiger partial charge is 0.341 e. The number of nitrogens with two attached hydrogens (primary N) is 1. The van der Waals surface area contributed by atoms with Gasteiger partial charge >= 0.3 is 5.63 Å². The highest BCUT2D eigenvalue weighted by Gasteiger charge is 2.12. The first kappa shape index (κ1) is 13.2. The molecule has 0 aliphatic carbocycles. The van der Waals surface area contributed by atoms with Crippen molar-refractivity contribution in [2.75, 3.05) is 12.8 Å². The SMILES string of the molecule is COc1ccc(Cc2c(N)c3ccccc3oc2=O)cc1. The first-order chi connectivity index (χ1) is 10.2. The maximum atomic E-state index is 12.1. The Hall–Kier alpha value is -2.75. The van der Waals surface area contributed by atoms with Gasteiger partial charge in [-0.2, -0.15) is 0 Å². The molecule has 0 radical (unpaired) electrons. The molecule has 106 valence electrons. The zero-order chi connectivity index (χ0) is 14.8. The molecule has 0 saturated heterocycles. The molecule has 0 spiro atoms. The average molecular weight is 281 g/mol. The molecule has 4 heteroatoms. The Labute approximate surface area is 121 Å². The Morgan fingerprint density at radius 2 is 1.81 bits per heavy atom. The van der Waals surface area contributed by atoms with E-state index in [4.69, 9.17) is 14.9 Å². The van der Waals surface area contributed by atoms with E-state index in [1.807, 2.05) is 42.5 Å². The molecule has 0 saturated carbocycles. The average Bonchev–Trinajstić information content (AvgIpc) is 2.52. The lowest BCUT2D eigenvalue weighted by molar-refractivity contribution is 0.414. The van der Waals surface area contributed by atoms with E-state index in [1.54, 1.807) is 13.2 Å². The molecule has 1 heterocycles. The van der Waals surface area contributed by atoms with Gasteiger partial charge in [0.1, 0.15) is 11.3 Å². The van der Waals surface area contributed by atoms with Crippen LogP contribution >= 0.6 is 0 Å². The second-order valence-corrected chi connectivity index (χ2v) is 4.80. The van der Waals surface area contributed by atoms with E-state index >= 15 is 0 Å². The standard InChI is InChI=1S/C17H15NO3/c1-20-12-8-6-11(7-9-12)10-14-16(18)13-4-2-3-5-15(13)21-17(14)19/h2-9H,10,18H2,1H3. The molecule has 4 nitrogen and oxygen atoms in total. The van der Waals surface area contributed by atoms with Gasteiger partial charge in [-0.15, -0.1) is 0 Å². The molecule has 3 rings (SSSR count). The number of hydrogen-bond acceptors (Lipinski definition) is 4. The Balaban J connectivity index is 2.05. The number of methoxy groups -OCH3 is 1. The molecular formula is C17H15NO3.